The van der Waals surface area contributed by atoms with Crippen LogP contribution in [-0.2, 0) is 14.3 Å². The molecule has 2 unspecified atom stereocenters. The second-order valence-corrected chi connectivity index (χ2v) is 9.51. The molecule has 2 amide bonds. The number of aliphatic hydroxyl groups is 1. The highest BCUT2D eigenvalue weighted by Crippen LogP contribution is 2.61. The molecule has 0 spiro atoms. The van der Waals surface area contributed by atoms with Crippen LogP contribution in [0.5, 0.6) is 0 Å². The first-order valence-electron chi connectivity index (χ1n) is 10.2. The van der Waals surface area contributed by atoms with Crippen LogP contribution in [0, 0.1) is 23.2 Å². The third-order valence-electron chi connectivity index (χ3n) is 7.40. The molecule has 5 rings (SSSR count). The van der Waals surface area contributed by atoms with Crippen molar-refractivity contribution in [1.82, 2.24) is 10.6 Å². The van der Waals surface area contributed by atoms with Gasteiger partial charge in [0.15, 0.2) is 0 Å². The van der Waals surface area contributed by atoms with Crippen molar-refractivity contribution in [2.45, 2.75) is 70.0 Å². The SMILES string of the molecule is CC1OCCC1(O)CNC(=O)CNC(=O)CC12CC3CC(CC(C3)C1)C2. The van der Waals surface area contributed by atoms with E-state index in [0.29, 0.717) is 19.4 Å². The van der Waals surface area contributed by atoms with Gasteiger partial charge in [0.1, 0.15) is 5.60 Å². The Bertz CT molecular complexity index is 543. The molecule has 1 heterocycles. The molecular formula is C20H32N2O4. The standard InChI is InChI=1S/C20H32N2O4/c1-13-20(25,2-3-26-13)12-22-18(24)11-21-17(23)10-19-7-14-4-15(8-19)6-16(5-14)9-19/h13-16,25H,2-12H2,1H3,(H,21,23)(H,22,24). The summed E-state index contributed by atoms with van der Waals surface area (Å²) in [5, 5.41) is 15.9. The first-order chi connectivity index (χ1) is 12.4. The molecule has 6 nitrogen and oxygen atoms in total. The lowest BCUT2D eigenvalue weighted by molar-refractivity contribution is -0.132. The van der Waals surface area contributed by atoms with Gasteiger partial charge in [-0.05, 0) is 68.6 Å². The normalized spacial score (nSPS) is 43.5. The fourth-order valence-electron chi connectivity index (χ4n) is 6.41. The zero-order valence-electron chi connectivity index (χ0n) is 15.8. The van der Waals surface area contributed by atoms with E-state index < -0.39 is 5.60 Å². The summed E-state index contributed by atoms with van der Waals surface area (Å²) in [6, 6.07) is 0. The van der Waals surface area contributed by atoms with E-state index in [1.165, 1.54) is 38.5 Å². The lowest BCUT2D eigenvalue weighted by Gasteiger charge is -2.56. The van der Waals surface area contributed by atoms with Gasteiger partial charge in [0.05, 0.1) is 12.6 Å². The van der Waals surface area contributed by atoms with Crippen molar-refractivity contribution < 1.29 is 19.4 Å². The Morgan fingerprint density at radius 3 is 2.19 bits per heavy atom. The Balaban J connectivity index is 1.21. The Kier molecular flexibility index (Phi) is 4.76. The van der Waals surface area contributed by atoms with E-state index in [2.05, 4.69) is 10.6 Å². The van der Waals surface area contributed by atoms with Crippen LogP contribution in [0.3, 0.4) is 0 Å². The van der Waals surface area contributed by atoms with Crippen molar-refractivity contribution in [1.29, 1.82) is 0 Å². The Hall–Kier alpha value is -1.14. The molecule has 4 saturated carbocycles. The zero-order valence-corrected chi connectivity index (χ0v) is 15.8. The van der Waals surface area contributed by atoms with E-state index in [0.717, 1.165) is 17.8 Å². The number of carbonyl (C=O) groups is 2. The number of nitrogens with one attached hydrogen (secondary N) is 2. The second-order valence-electron chi connectivity index (χ2n) is 9.51. The molecule has 26 heavy (non-hydrogen) atoms. The van der Waals surface area contributed by atoms with Crippen LogP contribution in [0.25, 0.3) is 0 Å². The molecule has 0 radical (unpaired) electrons. The van der Waals surface area contributed by atoms with Gasteiger partial charge in [0.25, 0.3) is 0 Å². The smallest absolute Gasteiger partial charge is 0.239 e. The third kappa shape index (κ3) is 3.63. The number of ether oxygens (including phenoxy) is 1. The Labute approximate surface area is 155 Å². The first-order valence-corrected chi connectivity index (χ1v) is 10.2. The zero-order chi connectivity index (χ0) is 18.4. The molecule has 0 aromatic rings. The predicted molar refractivity (Wildman–Crippen MR) is 96.2 cm³/mol. The quantitative estimate of drug-likeness (QED) is 0.664. The summed E-state index contributed by atoms with van der Waals surface area (Å²) in [7, 11) is 0. The van der Waals surface area contributed by atoms with Crippen molar-refractivity contribution in [2.75, 3.05) is 19.7 Å². The summed E-state index contributed by atoms with van der Waals surface area (Å²) in [6.45, 7) is 2.47. The van der Waals surface area contributed by atoms with Crippen LogP contribution >= 0.6 is 0 Å². The third-order valence-corrected chi connectivity index (χ3v) is 7.40. The summed E-state index contributed by atoms with van der Waals surface area (Å²) in [5.74, 6) is 2.23. The van der Waals surface area contributed by atoms with E-state index in [1.807, 2.05) is 6.92 Å². The molecule has 0 aromatic carbocycles. The molecule has 0 aromatic heterocycles. The summed E-state index contributed by atoms with van der Waals surface area (Å²) in [6.07, 6.45) is 8.51. The largest absolute Gasteiger partial charge is 0.385 e. The molecule has 146 valence electrons. The topological polar surface area (TPSA) is 87.7 Å². The maximum Gasteiger partial charge on any atom is 0.239 e. The molecule has 1 aliphatic heterocycles. The van der Waals surface area contributed by atoms with Gasteiger partial charge >= 0.3 is 0 Å². The van der Waals surface area contributed by atoms with Crippen LogP contribution < -0.4 is 10.6 Å². The molecule has 5 fully saturated rings. The van der Waals surface area contributed by atoms with Crippen LogP contribution in [0.15, 0.2) is 0 Å². The van der Waals surface area contributed by atoms with Gasteiger partial charge in [0.2, 0.25) is 11.8 Å². The van der Waals surface area contributed by atoms with Crippen LogP contribution in [0.2, 0.25) is 0 Å². The van der Waals surface area contributed by atoms with E-state index in [4.69, 9.17) is 4.74 Å². The number of carbonyl (C=O) groups excluding carboxylic acids is 2. The molecule has 3 N–H and O–H groups in total. The fraction of sp³-hybridized carbons (Fsp3) is 0.900. The maximum atomic E-state index is 12.4. The fourth-order valence-corrected chi connectivity index (χ4v) is 6.41. The molecule has 2 atom stereocenters. The molecule has 5 aliphatic rings. The van der Waals surface area contributed by atoms with E-state index in [9.17, 15) is 14.7 Å². The number of hydrogen-bond donors (Lipinski definition) is 3. The first kappa shape index (κ1) is 18.2. The number of amides is 2. The lowest BCUT2D eigenvalue weighted by atomic mass is 9.49. The van der Waals surface area contributed by atoms with Gasteiger partial charge in [-0.1, -0.05) is 0 Å². The molecule has 4 bridgehead atoms. The van der Waals surface area contributed by atoms with Gasteiger partial charge < -0.3 is 20.5 Å². The molecular weight excluding hydrogens is 332 g/mol. The van der Waals surface area contributed by atoms with Crippen molar-refractivity contribution >= 4 is 11.8 Å². The monoisotopic (exact) mass is 364 g/mol. The highest BCUT2D eigenvalue weighted by molar-refractivity contribution is 5.85. The van der Waals surface area contributed by atoms with Crippen molar-refractivity contribution in [2.24, 2.45) is 23.2 Å². The van der Waals surface area contributed by atoms with E-state index >= 15 is 0 Å². The van der Waals surface area contributed by atoms with E-state index in [1.54, 1.807) is 0 Å². The van der Waals surface area contributed by atoms with Gasteiger partial charge in [-0.25, -0.2) is 0 Å². The van der Waals surface area contributed by atoms with Crippen LogP contribution in [-0.4, -0.2) is 48.3 Å². The van der Waals surface area contributed by atoms with Crippen molar-refractivity contribution in [3.63, 3.8) is 0 Å². The summed E-state index contributed by atoms with van der Waals surface area (Å²) in [4.78, 5) is 24.5. The van der Waals surface area contributed by atoms with Gasteiger partial charge in [-0.2, -0.15) is 0 Å². The Morgan fingerprint density at radius 1 is 1.04 bits per heavy atom. The number of hydrogen-bond acceptors (Lipinski definition) is 4. The summed E-state index contributed by atoms with van der Waals surface area (Å²) < 4.78 is 5.36. The van der Waals surface area contributed by atoms with Gasteiger partial charge in [-0.3, -0.25) is 9.59 Å². The minimum Gasteiger partial charge on any atom is -0.385 e. The van der Waals surface area contributed by atoms with Crippen LogP contribution in [0.1, 0.15) is 58.3 Å². The summed E-state index contributed by atoms with van der Waals surface area (Å²) in [5.41, 5.74) is -0.806. The highest BCUT2D eigenvalue weighted by atomic mass is 16.5. The average Bonchev–Trinajstić information content (AvgIpc) is 2.89. The minimum atomic E-state index is -1.00. The Morgan fingerprint density at radius 2 is 1.65 bits per heavy atom. The predicted octanol–water partition coefficient (Wildman–Crippen LogP) is 1.37. The van der Waals surface area contributed by atoms with E-state index in [-0.39, 0.29) is 36.4 Å². The van der Waals surface area contributed by atoms with Gasteiger partial charge in [-0.15, -0.1) is 0 Å². The highest BCUT2D eigenvalue weighted by Gasteiger charge is 2.51. The summed E-state index contributed by atoms with van der Waals surface area (Å²) >= 11 is 0. The minimum absolute atomic E-state index is 0.00150. The molecule has 1 saturated heterocycles. The second kappa shape index (κ2) is 6.79. The number of rotatable bonds is 6. The van der Waals surface area contributed by atoms with Crippen molar-refractivity contribution in [3.8, 4) is 0 Å². The average molecular weight is 364 g/mol. The lowest BCUT2D eigenvalue weighted by Crippen LogP contribution is -2.50. The maximum absolute atomic E-state index is 12.4. The molecule has 4 aliphatic carbocycles. The van der Waals surface area contributed by atoms with Gasteiger partial charge in [0, 0.05) is 26.0 Å². The van der Waals surface area contributed by atoms with Crippen molar-refractivity contribution in [3.05, 3.63) is 0 Å². The van der Waals surface area contributed by atoms with Crippen LogP contribution in [0.4, 0.5) is 0 Å². The molecule has 6 heteroatoms.